The quantitative estimate of drug-likeness (QED) is 0.568. The van der Waals surface area contributed by atoms with Crippen LogP contribution in [0, 0.1) is 0 Å². The summed E-state index contributed by atoms with van der Waals surface area (Å²) in [5.74, 6) is -1.04. The van der Waals surface area contributed by atoms with Crippen LogP contribution in [0.15, 0.2) is 0 Å². The van der Waals surface area contributed by atoms with Gasteiger partial charge in [-0.3, -0.25) is 0 Å². The van der Waals surface area contributed by atoms with Crippen molar-refractivity contribution in [3.05, 3.63) is 0 Å². The second-order valence-electron chi connectivity index (χ2n) is 8.68. The molecule has 2 amide bonds. The first-order valence-electron chi connectivity index (χ1n) is 8.87. The summed E-state index contributed by atoms with van der Waals surface area (Å²) >= 11 is 0. The Morgan fingerprint density at radius 1 is 1.04 bits per heavy atom. The molecule has 0 heterocycles. The molecule has 1 aliphatic carbocycles. The van der Waals surface area contributed by atoms with E-state index in [2.05, 4.69) is 0 Å². The SMILES string of the molecule is COC(=O)[C@@]1(N(C(=O)OC(C)(C)C)C(=O)OC(C)(C)C)C[C@@]1(F)CCCN. The molecule has 0 bridgehead atoms. The van der Waals surface area contributed by atoms with Crippen LogP contribution in [0.5, 0.6) is 0 Å². The van der Waals surface area contributed by atoms with Crippen molar-refractivity contribution in [2.45, 2.75) is 83.2 Å². The fourth-order valence-electron chi connectivity index (χ4n) is 2.83. The third-order valence-electron chi connectivity index (χ3n) is 3.99. The molecule has 1 rings (SSSR count). The van der Waals surface area contributed by atoms with Crippen LogP contribution in [-0.4, -0.2) is 59.1 Å². The maximum Gasteiger partial charge on any atom is 0.420 e. The third-order valence-corrected chi connectivity index (χ3v) is 3.99. The van der Waals surface area contributed by atoms with Gasteiger partial charge in [-0.1, -0.05) is 0 Å². The maximum atomic E-state index is 15.5. The van der Waals surface area contributed by atoms with Crippen LogP contribution < -0.4 is 5.73 Å². The average molecular weight is 390 g/mol. The van der Waals surface area contributed by atoms with Crippen molar-refractivity contribution in [2.24, 2.45) is 5.73 Å². The highest BCUT2D eigenvalue weighted by atomic mass is 19.1. The second-order valence-corrected chi connectivity index (χ2v) is 8.68. The Kier molecular flexibility index (Phi) is 6.52. The van der Waals surface area contributed by atoms with E-state index in [0.717, 1.165) is 7.11 Å². The highest BCUT2D eigenvalue weighted by Gasteiger charge is 2.80. The zero-order valence-electron chi connectivity index (χ0n) is 17.2. The van der Waals surface area contributed by atoms with Crippen LogP contribution in [0.2, 0.25) is 0 Å². The lowest BCUT2D eigenvalue weighted by molar-refractivity contribution is -0.150. The molecule has 1 aliphatic rings. The average Bonchev–Trinajstić information content (AvgIpc) is 3.07. The molecule has 0 radical (unpaired) electrons. The minimum absolute atomic E-state index is 0.110. The van der Waals surface area contributed by atoms with Gasteiger partial charge in [0, 0.05) is 6.42 Å². The Morgan fingerprint density at radius 3 is 1.81 bits per heavy atom. The first-order valence-corrected chi connectivity index (χ1v) is 8.87. The van der Waals surface area contributed by atoms with E-state index in [4.69, 9.17) is 19.9 Å². The number of esters is 1. The van der Waals surface area contributed by atoms with E-state index in [1.54, 1.807) is 41.5 Å². The van der Waals surface area contributed by atoms with E-state index >= 15 is 4.39 Å². The lowest BCUT2D eigenvalue weighted by atomic mass is 10.1. The Balaban J connectivity index is 3.38. The number of carbonyl (C=O) groups excluding carboxylic acids is 3. The van der Waals surface area contributed by atoms with Crippen LogP contribution in [0.3, 0.4) is 0 Å². The lowest BCUT2D eigenvalue weighted by Crippen LogP contribution is -2.57. The number of carbonyl (C=O) groups is 3. The van der Waals surface area contributed by atoms with Gasteiger partial charge in [0.15, 0.2) is 5.54 Å². The van der Waals surface area contributed by atoms with E-state index in [1.807, 2.05) is 0 Å². The highest BCUT2D eigenvalue weighted by molar-refractivity contribution is 6.00. The Bertz CT molecular complexity index is 570. The van der Waals surface area contributed by atoms with E-state index in [1.165, 1.54) is 0 Å². The molecule has 0 spiro atoms. The topological polar surface area (TPSA) is 108 Å². The number of nitrogens with two attached hydrogens (primary N) is 1. The van der Waals surface area contributed by atoms with E-state index in [0.29, 0.717) is 4.90 Å². The maximum absolute atomic E-state index is 15.5. The number of nitrogens with zero attached hydrogens (tertiary/aromatic N) is 1. The normalized spacial score (nSPS) is 24.8. The Labute approximate surface area is 159 Å². The molecule has 2 atom stereocenters. The summed E-state index contributed by atoms with van der Waals surface area (Å²) in [4.78, 5) is 38.4. The summed E-state index contributed by atoms with van der Waals surface area (Å²) in [5.41, 5.74) is -0.798. The zero-order chi connectivity index (χ0) is 21.3. The minimum atomic E-state index is -2.16. The molecule has 27 heavy (non-hydrogen) atoms. The van der Waals surface area contributed by atoms with Crippen LogP contribution in [0.1, 0.15) is 60.8 Å². The number of methoxy groups -OCH3 is 1. The first-order chi connectivity index (χ1) is 12.1. The summed E-state index contributed by atoms with van der Waals surface area (Å²) in [7, 11) is 1.06. The number of halogens is 1. The van der Waals surface area contributed by atoms with Gasteiger partial charge in [-0.15, -0.1) is 0 Å². The first kappa shape index (κ1) is 23.1. The number of hydrogen-bond acceptors (Lipinski definition) is 7. The van der Waals surface area contributed by atoms with Gasteiger partial charge in [-0.25, -0.2) is 18.8 Å². The van der Waals surface area contributed by atoms with Gasteiger partial charge in [0.05, 0.1) is 7.11 Å². The van der Waals surface area contributed by atoms with Crippen molar-refractivity contribution >= 4 is 18.2 Å². The van der Waals surface area contributed by atoms with Crippen molar-refractivity contribution < 1.29 is 33.0 Å². The summed E-state index contributed by atoms with van der Waals surface area (Å²) in [6.45, 7) is 9.74. The van der Waals surface area contributed by atoms with E-state index in [-0.39, 0.29) is 19.4 Å². The molecule has 9 heteroatoms. The van der Waals surface area contributed by atoms with Gasteiger partial charge >= 0.3 is 18.2 Å². The minimum Gasteiger partial charge on any atom is -0.467 e. The molecule has 1 fully saturated rings. The third kappa shape index (κ3) is 5.09. The van der Waals surface area contributed by atoms with Gasteiger partial charge in [0.1, 0.15) is 16.9 Å². The number of hydrogen-bond donors (Lipinski definition) is 1. The van der Waals surface area contributed by atoms with Gasteiger partial charge in [-0.2, -0.15) is 4.90 Å². The molecule has 0 saturated heterocycles. The van der Waals surface area contributed by atoms with Crippen LogP contribution in [0.25, 0.3) is 0 Å². The fraction of sp³-hybridized carbons (Fsp3) is 0.833. The van der Waals surface area contributed by atoms with E-state index < -0.39 is 47.0 Å². The number of alkyl halides is 1. The Morgan fingerprint density at radius 2 is 1.48 bits per heavy atom. The molecule has 0 aromatic carbocycles. The number of imide groups is 1. The van der Waals surface area contributed by atoms with Gasteiger partial charge in [0.2, 0.25) is 0 Å². The second kappa shape index (κ2) is 7.61. The molecule has 0 aromatic heterocycles. The predicted molar refractivity (Wildman–Crippen MR) is 95.8 cm³/mol. The van der Waals surface area contributed by atoms with Crippen molar-refractivity contribution in [3.63, 3.8) is 0 Å². The van der Waals surface area contributed by atoms with Gasteiger partial charge in [0.25, 0.3) is 0 Å². The smallest absolute Gasteiger partial charge is 0.420 e. The molecular weight excluding hydrogens is 359 g/mol. The molecule has 156 valence electrons. The number of ether oxygens (including phenoxy) is 3. The summed E-state index contributed by atoms with van der Waals surface area (Å²) in [5, 5.41) is 0. The fourth-order valence-corrected chi connectivity index (χ4v) is 2.83. The molecular formula is C18H31FN2O6. The standard InChI is InChI=1S/C18H31FN2O6/c1-15(2,3)26-13(23)21(14(24)27-16(4,5)6)18(12(22)25-7)11-17(18,19)9-8-10-20/h8-11,20H2,1-7H3/t17-,18-/m0/s1. The summed E-state index contributed by atoms with van der Waals surface area (Å²) in [6.07, 6.45) is -2.58. The molecule has 0 aliphatic heterocycles. The van der Waals surface area contributed by atoms with Crippen LogP contribution in [0.4, 0.5) is 14.0 Å². The van der Waals surface area contributed by atoms with Crippen LogP contribution >= 0.6 is 0 Å². The van der Waals surface area contributed by atoms with Crippen molar-refractivity contribution in [1.29, 1.82) is 0 Å². The van der Waals surface area contributed by atoms with E-state index in [9.17, 15) is 14.4 Å². The summed E-state index contributed by atoms with van der Waals surface area (Å²) < 4.78 is 30.7. The molecule has 0 aromatic rings. The van der Waals surface area contributed by atoms with Gasteiger partial charge in [-0.05, 0) is 60.9 Å². The van der Waals surface area contributed by atoms with Crippen molar-refractivity contribution in [2.75, 3.05) is 13.7 Å². The highest BCUT2D eigenvalue weighted by Crippen LogP contribution is 2.59. The lowest BCUT2D eigenvalue weighted by Gasteiger charge is -2.33. The zero-order valence-corrected chi connectivity index (χ0v) is 17.2. The molecule has 0 unspecified atom stereocenters. The van der Waals surface area contributed by atoms with Gasteiger partial charge < -0.3 is 19.9 Å². The monoisotopic (exact) mass is 390 g/mol. The van der Waals surface area contributed by atoms with Crippen molar-refractivity contribution in [1.82, 2.24) is 4.90 Å². The van der Waals surface area contributed by atoms with Crippen molar-refractivity contribution in [3.8, 4) is 0 Å². The molecule has 1 saturated carbocycles. The number of amides is 2. The predicted octanol–water partition coefficient (Wildman–Crippen LogP) is 2.92. The van der Waals surface area contributed by atoms with Crippen LogP contribution in [-0.2, 0) is 19.0 Å². The number of rotatable bonds is 5. The molecule has 2 N–H and O–H groups in total. The Hall–Kier alpha value is -1.90. The summed E-state index contributed by atoms with van der Waals surface area (Å²) in [6, 6.07) is 0. The molecule has 8 nitrogen and oxygen atoms in total. The largest absolute Gasteiger partial charge is 0.467 e.